The Morgan fingerprint density at radius 3 is 2.95 bits per heavy atom. The van der Waals surface area contributed by atoms with Crippen molar-refractivity contribution in [2.75, 3.05) is 40.5 Å². The maximum Gasteiger partial charge on any atom is 0.127 e. The van der Waals surface area contributed by atoms with Gasteiger partial charge < -0.3 is 24.8 Å². The summed E-state index contributed by atoms with van der Waals surface area (Å²) in [6, 6.07) is 5.65. The van der Waals surface area contributed by atoms with E-state index in [4.69, 9.17) is 19.9 Å². The summed E-state index contributed by atoms with van der Waals surface area (Å²) >= 11 is 0. The molecule has 1 aromatic carbocycles. The monoisotopic (exact) mass is 280 g/mol. The molecule has 1 fully saturated rings. The third-order valence-corrected chi connectivity index (χ3v) is 3.48. The fourth-order valence-corrected chi connectivity index (χ4v) is 2.29. The Morgan fingerprint density at radius 2 is 2.30 bits per heavy atom. The molecule has 1 aliphatic heterocycles. The van der Waals surface area contributed by atoms with Crippen molar-refractivity contribution in [3.8, 4) is 11.5 Å². The molecule has 1 aliphatic rings. The van der Waals surface area contributed by atoms with Gasteiger partial charge in [0.2, 0.25) is 0 Å². The lowest BCUT2D eigenvalue weighted by atomic mass is 10.1. The third-order valence-electron chi connectivity index (χ3n) is 3.48. The van der Waals surface area contributed by atoms with E-state index in [1.165, 1.54) is 0 Å². The normalized spacial score (nSPS) is 21.5. The largest absolute Gasteiger partial charge is 0.497 e. The van der Waals surface area contributed by atoms with Crippen LogP contribution in [-0.2, 0) is 4.74 Å². The number of ether oxygens (including phenoxy) is 3. The molecule has 0 radical (unpaired) electrons. The predicted octanol–water partition coefficient (Wildman–Crippen LogP) is 1.42. The maximum atomic E-state index is 5.98. The Bertz CT molecular complexity index is 437. The lowest BCUT2D eigenvalue weighted by molar-refractivity contribution is -0.0405. The number of rotatable bonds is 5. The van der Waals surface area contributed by atoms with Gasteiger partial charge in [0.05, 0.1) is 13.7 Å². The van der Waals surface area contributed by atoms with Gasteiger partial charge in [0.15, 0.2) is 0 Å². The molecule has 5 heteroatoms. The van der Waals surface area contributed by atoms with Crippen LogP contribution in [0.5, 0.6) is 11.5 Å². The summed E-state index contributed by atoms with van der Waals surface area (Å²) in [5, 5.41) is 0. The Hall–Kier alpha value is -1.30. The summed E-state index contributed by atoms with van der Waals surface area (Å²) < 4.78 is 16.9. The van der Waals surface area contributed by atoms with Crippen LogP contribution in [0.3, 0.4) is 0 Å². The number of nitrogens with two attached hydrogens (primary N) is 1. The van der Waals surface area contributed by atoms with Gasteiger partial charge in [-0.05, 0) is 20.0 Å². The molecule has 1 unspecified atom stereocenters. The van der Waals surface area contributed by atoms with Crippen LogP contribution >= 0.6 is 0 Å². The van der Waals surface area contributed by atoms with Crippen molar-refractivity contribution < 1.29 is 14.2 Å². The first-order valence-corrected chi connectivity index (χ1v) is 6.96. The van der Waals surface area contributed by atoms with Crippen LogP contribution in [0, 0.1) is 0 Å². The van der Waals surface area contributed by atoms with Crippen molar-refractivity contribution in [3.63, 3.8) is 0 Å². The highest BCUT2D eigenvalue weighted by Crippen LogP contribution is 2.28. The maximum absolute atomic E-state index is 5.98. The molecule has 20 heavy (non-hydrogen) atoms. The van der Waals surface area contributed by atoms with Crippen LogP contribution in [0.4, 0.5) is 0 Å². The number of benzene rings is 1. The molecule has 0 aromatic heterocycles. The van der Waals surface area contributed by atoms with Gasteiger partial charge in [-0.25, -0.2) is 0 Å². The minimum atomic E-state index is -0.0779. The standard InChI is InChI=1S/C15H24N2O3/c1-11(16)14-5-4-12(18-3)8-15(14)20-10-13-9-17(2)6-7-19-13/h4-5,8,11,13H,6-7,9-10,16H2,1-3H3/t11-,13?/m1/s1. The van der Waals surface area contributed by atoms with E-state index in [2.05, 4.69) is 11.9 Å². The molecule has 2 rings (SSSR count). The third kappa shape index (κ3) is 3.85. The van der Waals surface area contributed by atoms with Crippen molar-refractivity contribution >= 4 is 0 Å². The molecule has 5 nitrogen and oxygen atoms in total. The highest BCUT2D eigenvalue weighted by molar-refractivity contribution is 5.42. The molecule has 2 atom stereocenters. The Balaban J connectivity index is 2.03. The minimum Gasteiger partial charge on any atom is -0.497 e. The van der Waals surface area contributed by atoms with E-state index in [0.717, 1.165) is 36.8 Å². The van der Waals surface area contributed by atoms with Gasteiger partial charge in [0, 0.05) is 30.8 Å². The number of nitrogens with zero attached hydrogens (tertiary/aromatic N) is 1. The van der Waals surface area contributed by atoms with Crippen LogP contribution in [0.25, 0.3) is 0 Å². The average Bonchev–Trinajstić information content (AvgIpc) is 2.44. The van der Waals surface area contributed by atoms with Crippen molar-refractivity contribution in [1.82, 2.24) is 4.90 Å². The molecular weight excluding hydrogens is 256 g/mol. The fraction of sp³-hybridized carbons (Fsp3) is 0.600. The molecule has 1 heterocycles. The SMILES string of the molecule is COc1ccc([C@@H](C)N)c(OCC2CN(C)CCO2)c1. The summed E-state index contributed by atoms with van der Waals surface area (Å²) in [5.41, 5.74) is 6.96. The van der Waals surface area contributed by atoms with Crippen LogP contribution in [0.15, 0.2) is 18.2 Å². The van der Waals surface area contributed by atoms with Gasteiger partial charge in [-0.3, -0.25) is 0 Å². The predicted molar refractivity (Wildman–Crippen MR) is 78.3 cm³/mol. The van der Waals surface area contributed by atoms with Crippen LogP contribution in [0.2, 0.25) is 0 Å². The number of morpholine rings is 1. The van der Waals surface area contributed by atoms with E-state index in [9.17, 15) is 0 Å². The second kappa shape index (κ2) is 6.92. The first-order valence-electron chi connectivity index (χ1n) is 6.96. The molecular formula is C15H24N2O3. The summed E-state index contributed by atoms with van der Waals surface area (Å²) in [4.78, 5) is 2.25. The number of likely N-dealkylation sites (N-methyl/N-ethyl adjacent to an activating group) is 1. The molecule has 112 valence electrons. The first kappa shape index (κ1) is 15.1. The molecule has 1 aromatic rings. The van der Waals surface area contributed by atoms with E-state index >= 15 is 0 Å². The highest BCUT2D eigenvalue weighted by Gasteiger charge is 2.19. The second-order valence-corrected chi connectivity index (χ2v) is 5.26. The van der Waals surface area contributed by atoms with Crippen molar-refractivity contribution in [1.29, 1.82) is 0 Å². The second-order valence-electron chi connectivity index (χ2n) is 5.26. The van der Waals surface area contributed by atoms with Crippen molar-refractivity contribution in [2.45, 2.75) is 19.1 Å². The zero-order chi connectivity index (χ0) is 14.5. The van der Waals surface area contributed by atoms with E-state index in [-0.39, 0.29) is 12.1 Å². The molecule has 0 spiro atoms. The van der Waals surface area contributed by atoms with Gasteiger partial charge in [-0.15, -0.1) is 0 Å². The lowest BCUT2D eigenvalue weighted by Crippen LogP contribution is -2.42. The average molecular weight is 280 g/mol. The topological polar surface area (TPSA) is 57.0 Å². The van der Waals surface area contributed by atoms with Gasteiger partial charge in [-0.1, -0.05) is 6.07 Å². The summed E-state index contributed by atoms with van der Waals surface area (Å²) in [6.07, 6.45) is 0.0980. The summed E-state index contributed by atoms with van der Waals surface area (Å²) in [7, 11) is 3.73. The molecule has 0 amide bonds. The number of methoxy groups -OCH3 is 1. The van der Waals surface area contributed by atoms with Gasteiger partial charge in [0.1, 0.15) is 24.2 Å². The fourth-order valence-electron chi connectivity index (χ4n) is 2.29. The lowest BCUT2D eigenvalue weighted by Gasteiger charge is -2.30. The molecule has 2 N–H and O–H groups in total. The summed E-state index contributed by atoms with van der Waals surface area (Å²) in [5.74, 6) is 1.54. The minimum absolute atomic E-state index is 0.0779. The van der Waals surface area contributed by atoms with Gasteiger partial charge in [0.25, 0.3) is 0 Å². The van der Waals surface area contributed by atoms with Crippen LogP contribution in [-0.4, -0.2) is 51.5 Å². The Morgan fingerprint density at radius 1 is 1.50 bits per heavy atom. The molecule has 0 bridgehead atoms. The van der Waals surface area contributed by atoms with Gasteiger partial charge >= 0.3 is 0 Å². The van der Waals surface area contributed by atoms with Crippen LogP contribution < -0.4 is 15.2 Å². The molecule has 1 saturated heterocycles. The molecule has 0 aliphatic carbocycles. The van der Waals surface area contributed by atoms with E-state index < -0.39 is 0 Å². The first-order chi connectivity index (χ1) is 9.60. The Labute approximate surface area is 120 Å². The highest BCUT2D eigenvalue weighted by atomic mass is 16.5. The van der Waals surface area contributed by atoms with E-state index in [0.29, 0.717) is 6.61 Å². The number of hydrogen-bond donors (Lipinski definition) is 1. The van der Waals surface area contributed by atoms with Gasteiger partial charge in [-0.2, -0.15) is 0 Å². The van der Waals surface area contributed by atoms with Crippen molar-refractivity contribution in [2.24, 2.45) is 5.73 Å². The zero-order valence-corrected chi connectivity index (χ0v) is 12.5. The van der Waals surface area contributed by atoms with E-state index in [1.54, 1.807) is 7.11 Å². The smallest absolute Gasteiger partial charge is 0.127 e. The molecule has 0 saturated carbocycles. The van der Waals surface area contributed by atoms with Crippen LogP contribution in [0.1, 0.15) is 18.5 Å². The van der Waals surface area contributed by atoms with Crippen molar-refractivity contribution in [3.05, 3.63) is 23.8 Å². The number of hydrogen-bond acceptors (Lipinski definition) is 5. The zero-order valence-electron chi connectivity index (χ0n) is 12.5. The van der Waals surface area contributed by atoms with E-state index in [1.807, 2.05) is 25.1 Å². The quantitative estimate of drug-likeness (QED) is 0.884. The summed E-state index contributed by atoms with van der Waals surface area (Å²) in [6.45, 7) is 5.08. The Kier molecular flexibility index (Phi) is 5.23.